The summed E-state index contributed by atoms with van der Waals surface area (Å²) in [4.78, 5) is 31.0. The summed E-state index contributed by atoms with van der Waals surface area (Å²) < 4.78 is 10.9. The van der Waals surface area contributed by atoms with E-state index in [1.807, 2.05) is 30.3 Å². The zero-order valence-corrected chi connectivity index (χ0v) is 16.9. The van der Waals surface area contributed by atoms with Crippen molar-refractivity contribution in [3.05, 3.63) is 60.2 Å². The van der Waals surface area contributed by atoms with Crippen LogP contribution in [0.3, 0.4) is 0 Å². The molecule has 1 N–H and O–H groups in total. The highest BCUT2D eigenvalue weighted by Crippen LogP contribution is 2.41. The minimum atomic E-state index is -0.957. The lowest BCUT2D eigenvalue weighted by Gasteiger charge is -2.37. The normalized spacial score (nSPS) is 18.2. The molecule has 1 spiro atoms. The van der Waals surface area contributed by atoms with Crippen molar-refractivity contribution in [3.8, 4) is 5.75 Å². The first-order valence-corrected chi connectivity index (χ1v) is 10.1. The van der Waals surface area contributed by atoms with Crippen molar-refractivity contribution in [2.24, 2.45) is 0 Å². The van der Waals surface area contributed by atoms with E-state index in [1.165, 1.54) is 10.2 Å². The quantitative estimate of drug-likeness (QED) is 0.769. The van der Waals surface area contributed by atoms with Crippen molar-refractivity contribution < 1.29 is 23.9 Å². The Morgan fingerprint density at radius 2 is 1.77 bits per heavy atom. The molecular weight excluding hydrogens is 386 g/mol. The fourth-order valence-corrected chi connectivity index (χ4v) is 3.86. The second-order valence-corrected chi connectivity index (χ2v) is 7.42. The highest BCUT2D eigenvalue weighted by Gasteiger charge is 2.55. The highest BCUT2D eigenvalue weighted by molar-refractivity contribution is 5.84. The van der Waals surface area contributed by atoms with Gasteiger partial charge in [-0.25, -0.2) is 9.59 Å². The van der Waals surface area contributed by atoms with Gasteiger partial charge in [0.15, 0.2) is 0 Å². The summed E-state index contributed by atoms with van der Waals surface area (Å²) >= 11 is 0. The van der Waals surface area contributed by atoms with Crippen LogP contribution in [-0.4, -0.2) is 35.2 Å². The first-order valence-electron chi connectivity index (χ1n) is 10.1. The summed E-state index contributed by atoms with van der Waals surface area (Å²) in [6.45, 7) is 0.247. The van der Waals surface area contributed by atoms with Crippen LogP contribution in [0.4, 0.5) is 15.3 Å². The third kappa shape index (κ3) is 4.18. The van der Waals surface area contributed by atoms with Gasteiger partial charge in [-0.2, -0.15) is 5.01 Å². The van der Waals surface area contributed by atoms with Crippen molar-refractivity contribution in [1.82, 2.24) is 10.2 Å². The molecule has 30 heavy (non-hydrogen) atoms. The number of amides is 2. The molecule has 0 unspecified atom stereocenters. The third-order valence-corrected chi connectivity index (χ3v) is 5.37. The van der Waals surface area contributed by atoms with Gasteiger partial charge in [-0.05, 0) is 42.7 Å². The van der Waals surface area contributed by atoms with Gasteiger partial charge in [0.2, 0.25) is 5.72 Å². The topological polar surface area (TPSA) is 80.3 Å². The van der Waals surface area contributed by atoms with Crippen LogP contribution < -0.4 is 10.1 Å². The van der Waals surface area contributed by atoms with Crippen LogP contribution in [0.15, 0.2) is 54.6 Å². The monoisotopic (exact) mass is 411 g/mol. The number of hydrazine groups is 1. The van der Waals surface area contributed by atoms with Crippen LogP contribution in [0.2, 0.25) is 0 Å². The average molecular weight is 411 g/mol. The van der Waals surface area contributed by atoms with Gasteiger partial charge in [0.1, 0.15) is 5.75 Å². The molecule has 0 radical (unpaired) electrons. The van der Waals surface area contributed by atoms with Gasteiger partial charge in [0.05, 0.1) is 13.7 Å². The van der Waals surface area contributed by atoms with Crippen molar-refractivity contribution >= 4 is 17.9 Å². The number of ether oxygens (including phenoxy) is 2. The lowest BCUT2D eigenvalue weighted by molar-refractivity contribution is -0.298. The molecule has 0 aromatic heterocycles. The number of anilines is 1. The van der Waals surface area contributed by atoms with Crippen LogP contribution in [0.1, 0.15) is 37.7 Å². The number of hydrogen-bond donors (Lipinski definition) is 1. The predicted octanol–water partition coefficient (Wildman–Crippen LogP) is 4.69. The lowest BCUT2D eigenvalue weighted by atomic mass is 9.92. The Labute approximate surface area is 175 Å². The third-order valence-electron chi connectivity index (χ3n) is 5.37. The van der Waals surface area contributed by atoms with Crippen LogP contribution in [-0.2, 0) is 16.1 Å². The van der Waals surface area contributed by atoms with Gasteiger partial charge in [0.25, 0.3) is 0 Å². The zero-order valence-electron chi connectivity index (χ0n) is 16.9. The van der Waals surface area contributed by atoms with Crippen molar-refractivity contribution in [2.75, 3.05) is 12.4 Å². The molecule has 8 heteroatoms. The number of rotatable bonds is 5. The molecule has 1 heterocycles. The van der Waals surface area contributed by atoms with Gasteiger partial charge in [-0.15, -0.1) is 0 Å². The Balaban J connectivity index is 1.52. The summed E-state index contributed by atoms with van der Waals surface area (Å²) in [5, 5.41) is 5.38. The predicted molar refractivity (Wildman–Crippen MR) is 109 cm³/mol. The molecule has 1 aliphatic carbocycles. The van der Waals surface area contributed by atoms with Crippen LogP contribution in [0.25, 0.3) is 0 Å². The number of benzene rings is 2. The summed E-state index contributed by atoms with van der Waals surface area (Å²) in [5.41, 5.74) is 0.507. The van der Waals surface area contributed by atoms with Crippen molar-refractivity contribution in [2.45, 2.75) is 44.4 Å². The number of methoxy groups -OCH3 is 1. The molecule has 158 valence electrons. The maximum absolute atomic E-state index is 12.7. The molecule has 2 amide bonds. The molecule has 0 bridgehead atoms. The number of carbonyl (C=O) groups excluding carboxylic acids is 2. The molecular formula is C22H25N3O5. The van der Waals surface area contributed by atoms with Crippen molar-refractivity contribution in [3.63, 3.8) is 0 Å². The average Bonchev–Trinajstić information content (AvgIpc) is 3.00. The lowest BCUT2D eigenvalue weighted by Crippen LogP contribution is -2.52. The molecule has 2 fully saturated rings. The molecule has 1 aliphatic heterocycles. The van der Waals surface area contributed by atoms with Gasteiger partial charge >= 0.3 is 12.2 Å². The maximum atomic E-state index is 12.7. The van der Waals surface area contributed by atoms with E-state index in [4.69, 9.17) is 14.3 Å². The van der Waals surface area contributed by atoms with Crippen molar-refractivity contribution in [1.29, 1.82) is 0 Å². The Hall–Kier alpha value is -3.26. The SMILES string of the molecule is COc1ccc(NC(=O)ON2N(Cc3ccccc3)C(=O)OC23CCCCC3)cc1. The number of hydroxylamine groups is 1. The van der Waals surface area contributed by atoms with E-state index in [0.29, 0.717) is 24.3 Å². The smallest absolute Gasteiger partial charge is 0.432 e. The Bertz CT molecular complexity index is 881. The number of carbonyl (C=O) groups is 2. The zero-order chi connectivity index (χ0) is 21.0. The molecule has 0 atom stereocenters. The summed E-state index contributed by atoms with van der Waals surface area (Å²) in [5.74, 6) is 0.683. The van der Waals surface area contributed by atoms with E-state index in [0.717, 1.165) is 24.8 Å². The molecule has 2 aliphatic rings. The van der Waals surface area contributed by atoms with Gasteiger partial charge in [0, 0.05) is 23.7 Å². The fraction of sp³-hybridized carbons (Fsp3) is 0.364. The van der Waals surface area contributed by atoms with Crippen LogP contribution in [0.5, 0.6) is 5.75 Å². The van der Waals surface area contributed by atoms with E-state index < -0.39 is 17.9 Å². The second-order valence-electron chi connectivity index (χ2n) is 7.42. The van der Waals surface area contributed by atoms with E-state index >= 15 is 0 Å². The second kappa shape index (κ2) is 8.62. The largest absolute Gasteiger partial charge is 0.497 e. The number of hydrogen-bond acceptors (Lipinski definition) is 6. The Kier molecular flexibility index (Phi) is 5.76. The van der Waals surface area contributed by atoms with Gasteiger partial charge in [-0.1, -0.05) is 36.8 Å². The van der Waals surface area contributed by atoms with E-state index in [2.05, 4.69) is 5.32 Å². The Morgan fingerprint density at radius 3 is 2.43 bits per heavy atom. The Morgan fingerprint density at radius 1 is 1.07 bits per heavy atom. The van der Waals surface area contributed by atoms with E-state index in [-0.39, 0.29) is 6.54 Å². The maximum Gasteiger partial charge on any atom is 0.432 e. The first-order chi connectivity index (χ1) is 14.6. The van der Waals surface area contributed by atoms with Gasteiger partial charge in [-0.3, -0.25) is 5.32 Å². The van der Waals surface area contributed by atoms with E-state index in [1.54, 1.807) is 31.4 Å². The fourth-order valence-electron chi connectivity index (χ4n) is 3.86. The summed E-state index contributed by atoms with van der Waals surface area (Å²) in [6, 6.07) is 16.4. The van der Waals surface area contributed by atoms with Crippen LogP contribution in [0, 0.1) is 0 Å². The molecule has 1 saturated heterocycles. The van der Waals surface area contributed by atoms with E-state index in [9.17, 15) is 9.59 Å². The molecule has 4 rings (SSSR count). The van der Waals surface area contributed by atoms with Gasteiger partial charge < -0.3 is 14.3 Å². The molecule has 2 aromatic carbocycles. The van der Waals surface area contributed by atoms with Crippen LogP contribution >= 0.6 is 0 Å². The minimum absolute atomic E-state index is 0.247. The summed E-state index contributed by atoms with van der Waals surface area (Å²) in [7, 11) is 1.58. The molecule has 2 aromatic rings. The highest BCUT2D eigenvalue weighted by atomic mass is 16.8. The minimum Gasteiger partial charge on any atom is -0.497 e. The molecule has 1 saturated carbocycles. The number of nitrogens with zero attached hydrogens (tertiary/aromatic N) is 2. The standard InChI is InChI=1S/C22H25N3O5/c1-28-19-12-10-18(11-13-19)23-20(26)30-25-22(14-6-3-7-15-22)29-21(27)24(25)16-17-8-4-2-5-9-17/h2,4-5,8-13H,3,6-7,14-16H2,1H3,(H,23,26). The summed E-state index contributed by atoms with van der Waals surface area (Å²) in [6.07, 6.45) is 2.86. The molecule has 8 nitrogen and oxygen atoms in total. The number of nitrogens with one attached hydrogen (secondary N) is 1. The first kappa shape index (κ1) is 20.0.